The van der Waals surface area contributed by atoms with Crippen LogP contribution >= 0.6 is 0 Å². The molecule has 3 saturated carbocycles. The first-order valence-corrected chi connectivity index (χ1v) is 13.1. The van der Waals surface area contributed by atoms with E-state index in [1.807, 2.05) is 12.3 Å². The van der Waals surface area contributed by atoms with E-state index >= 15 is 0 Å². The molecule has 0 aliphatic heterocycles. The highest BCUT2D eigenvalue weighted by Gasteiger charge is 2.41. The lowest BCUT2D eigenvalue weighted by molar-refractivity contribution is -0.0500. The Morgan fingerprint density at radius 2 is 1.83 bits per heavy atom. The van der Waals surface area contributed by atoms with Gasteiger partial charge in [0.25, 0.3) is 0 Å². The molecule has 2 aromatic rings. The number of hydrogen-bond acceptors (Lipinski definition) is 6. The Labute approximate surface area is 210 Å². The van der Waals surface area contributed by atoms with Gasteiger partial charge in [-0.25, -0.2) is 23.1 Å². The lowest BCUT2D eigenvalue weighted by Gasteiger charge is -2.33. The third-order valence-corrected chi connectivity index (χ3v) is 7.60. The number of fused-ring (bicyclic) bond motifs is 1. The second kappa shape index (κ2) is 9.20. The Morgan fingerprint density at radius 3 is 2.44 bits per heavy atom. The number of aromatic nitrogens is 3. The molecule has 3 aliphatic rings. The van der Waals surface area contributed by atoms with E-state index in [0.717, 1.165) is 24.9 Å². The standard InChI is InChI=1S/C26H38F2N6O2/c1-24(2,3)36-23(35)33-22(17-6-8-26(27,28)9-7-17)19-14-34-20(32-19)12-18(13-31-34)21(16-4-5-16)30-15-25(29)10-11-25/h12-14,16-17,21-22,30H,4-11,15,29H2,1-3H3,(H,33,35)/t21-,22+/m1/s1. The summed E-state index contributed by atoms with van der Waals surface area (Å²) in [5, 5.41) is 11.2. The molecule has 36 heavy (non-hydrogen) atoms. The van der Waals surface area contributed by atoms with Crippen LogP contribution in [0.2, 0.25) is 0 Å². The molecule has 2 aromatic heterocycles. The highest BCUT2D eigenvalue weighted by Crippen LogP contribution is 2.43. The summed E-state index contributed by atoms with van der Waals surface area (Å²) in [5.41, 5.74) is 7.89. The minimum absolute atomic E-state index is 0.0809. The van der Waals surface area contributed by atoms with Crippen molar-refractivity contribution >= 4 is 11.7 Å². The van der Waals surface area contributed by atoms with Gasteiger partial charge in [0.2, 0.25) is 5.92 Å². The zero-order valence-electron chi connectivity index (χ0n) is 21.4. The molecule has 198 valence electrons. The fraction of sp³-hybridized carbons (Fsp3) is 0.731. The van der Waals surface area contributed by atoms with Crippen molar-refractivity contribution in [3.8, 4) is 0 Å². The van der Waals surface area contributed by atoms with Crippen molar-refractivity contribution in [1.82, 2.24) is 25.2 Å². The first-order valence-electron chi connectivity index (χ1n) is 13.1. The first-order chi connectivity index (χ1) is 16.9. The van der Waals surface area contributed by atoms with Crippen molar-refractivity contribution in [3.05, 3.63) is 29.7 Å². The number of imidazole rings is 1. The molecule has 3 fully saturated rings. The van der Waals surface area contributed by atoms with Gasteiger partial charge in [0.15, 0.2) is 5.65 Å². The number of carbonyl (C=O) groups is 1. The number of hydrogen-bond donors (Lipinski definition) is 3. The molecule has 0 spiro atoms. The number of nitrogens with one attached hydrogen (secondary N) is 2. The second-order valence-corrected chi connectivity index (χ2v) is 12.1. The van der Waals surface area contributed by atoms with Gasteiger partial charge in [-0.05, 0) is 82.8 Å². The Hall–Kier alpha value is -2.33. The maximum Gasteiger partial charge on any atom is 0.408 e. The van der Waals surface area contributed by atoms with Crippen LogP contribution in [0.25, 0.3) is 5.65 Å². The van der Waals surface area contributed by atoms with E-state index in [9.17, 15) is 13.6 Å². The largest absolute Gasteiger partial charge is 0.444 e. The molecule has 8 nitrogen and oxygen atoms in total. The van der Waals surface area contributed by atoms with Crippen molar-refractivity contribution in [1.29, 1.82) is 0 Å². The van der Waals surface area contributed by atoms with E-state index in [1.165, 1.54) is 12.8 Å². The summed E-state index contributed by atoms with van der Waals surface area (Å²) >= 11 is 0. The number of amides is 1. The molecule has 5 rings (SSSR count). The van der Waals surface area contributed by atoms with Crippen LogP contribution in [0.15, 0.2) is 18.5 Å². The summed E-state index contributed by atoms with van der Waals surface area (Å²) in [5.74, 6) is -2.26. The maximum atomic E-state index is 13.9. The van der Waals surface area contributed by atoms with E-state index in [0.29, 0.717) is 30.1 Å². The second-order valence-electron chi connectivity index (χ2n) is 12.1. The number of halogens is 2. The van der Waals surface area contributed by atoms with E-state index in [-0.39, 0.29) is 30.3 Å². The lowest BCUT2D eigenvalue weighted by Crippen LogP contribution is -2.40. The predicted octanol–water partition coefficient (Wildman–Crippen LogP) is 4.65. The lowest BCUT2D eigenvalue weighted by atomic mass is 9.81. The van der Waals surface area contributed by atoms with Crippen LogP contribution in [0.3, 0.4) is 0 Å². The topological polar surface area (TPSA) is 107 Å². The molecule has 0 radical (unpaired) electrons. The Bertz CT molecular complexity index is 1100. The zero-order chi connectivity index (χ0) is 25.7. The first kappa shape index (κ1) is 25.3. The van der Waals surface area contributed by atoms with E-state index < -0.39 is 23.7 Å². The van der Waals surface area contributed by atoms with Crippen LogP contribution in [0, 0.1) is 11.8 Å². The van der Waals surface area contributed by atoms with Crippen LogP contribution in [-0.2, 0) is 4.74 Å². The van der Waals surface area contributed by atoms with Gasteiger partial charge < -0.3 is 21.1 Å². The number of ether oxygens (including phenoxy) is 1. The summed E-state index contributed by atoms with van der Waals surface area (Å²) in [6.07, 6.45) is 7.73. The molecule has 1 amide bonds. The van der Waals surface area contributed by atoms with Gasteiger partial charge in [0.05, 0.1) is 24.1 Å². The smallest absolute Gasteiger partial charge is 0.408 e. The fourth-order valence-corrected chi connectivity index (χ4v) is 5.13. The molecule has 3 aliphatic carbocycles. The minimum atomic E-state index is -2.66. The summed E-state index contributed by atoms with van der Waals surface area (Å²) in [7, 11) is 0. The average molecular weight is 505 g/mol. The van der Waals surface area contributed by atoms with Crippen molar-refractivity contribution in [3.63, 3.8) is 0 Å². The maximum absolute atomic E-state index is 13.9. The summed E-state index contributed by atoms with van der Waals surface area (Å²) in [6.45, 7) is 6.16. The molecule has 0 saturated heterocycles. The highest BCUT2D eigenvalue weighted by molar-refractivity contribution is 5.68. The molecular formula is C26H38F2N6O2. The third-order valence-electron chi connectivity index (χ3n) is 7.60. The van der Waals surface area contributed by atoms with Gasteiger partial charge in [-0.3, -0.25) is 0 Å². The summed E-state index contributed by atoms with van der Waals surface area (Å²) < 4.78 is 34.9. The number of alkyl halides is 2. The zero-order valence-corrected chi connectivity index (χ0v) is 21.4. The predicted molar refractivity (Wildman–Crippen MR) is 132 cm³/mol. The SMILES string of the molecule is CC(C)(C)OC(=O)N[C@H](c1cn2ncc([C@H](NCC3(N)CC3)C3CC3)cc2n1)C1CCC(F)(F)CC1. The number of rotatable bonds is 8. The monoisotopic (exact) mass is 504 g/mol. The number of nitrogens with two attached hydrogens (primary N) is 1. The molecule has 0 aromatic carbocycles. The van der Waals surface area contributed by atoms with Gasteiger partial charge in [0, 0.05) is 31.0 Å². The molecule has 4 N–H and O–H groups in total. The Morgan fingerprint density at radius 1 is 1.17 bits per heavy atom. The van der Waals surface area contributed by atoms with E-state index in [4.69, 9.17) is 15.5 Å². The van der Waals surface area contributed by atoms with Gasteiger partial charge >= 0.3 is 6.09 Å². The molecular weight excluding hydrogens is 466 g/mol. The normalized spacial score (nSPS) is 23.3. The van der Waals surface area contributed by atoms with Gasteiger partial charge in [-0.2, -0.15) is 5.10 Å². The molecule has 0 unspecified atom stereocenters. The van der Waals surface area contributed by atoms with Gasteiger partial charge in [-0.15, -0.1) is 0 Å². The molecule has 10 heteroatoms. The van der Waals surface area contributed by atoms with Crippen LogP contribution in [-0.4, -0.2) is 44.3 Å². The quantitative estimate of drug-likeness (QED) is 0.483. The van der Waals surface area contributed by atoms with E-state index in [2.05, 4.69) is 15.7 Å². The van der Waals surface area contributed by atoms with Gasteiger partial charge in [-0.1, -0.05) is 0 Å². The van der Waals surface area contributed by atoms with Crippen molar-refractivity contribution in [2.45, 2.75) is 101 Å². The molecule has 2 atom stereocenters. The minimum Gasteiger partial charge on any atom is -0.444 e. The summed E-state index contributed by atoms with van der Waals surface area (Å²) in [6, 6.07) is 1.67. The van der Waals surface area contributed by atoms with Crippen LogP contribution in [0.1, 0.15) is 95.5 Å². The fourth-order valence-electron chi connectivity index (χ4n) is 5.13. The Kier molecular flexibility index (Phi) is 6.47. The Balaban J connectivity index is 1.38. The van der Waals surface area contributed by atoms with Crippen molar-refractivity contribution in [2.75, 3.05) is 6.54 Å². The van der Waals surface area contributed by atoms with Crippen LogP contribution < -0.4 is 16.4 Å². The van der Waals surface area contributed by atoms with Crippen molar-refractivity contribution in [2.24, 2.45) is 17.6 Å². The highest BCUT2D eigenvalue weighted by atomic mass is 19.3. The molecule has 2 heterocycles. The number of alkyl carbamates (subject to hydrolysis) is 1. The van der Waals surface area contributed by atoms with Crippen LogP contribution in [0.4, 0.5) is 13.6 Å². The number of carbonyl (C=O) groups excluding carboxylic acids is 1. The van der Waals surface area contributed by atoms with E-state index in [1.54, 1.807) is 31.5 Å². The average Bonchev–Trinajstić information content (AvgIpc) is 3.70. The molecule has 0 bridgehead atoms. The summed E-state index contributed by atoms with van der Waals surface area (Å²) in [4.78, 5) is 17.5. The van der Waals surface area contributed by atoms with Crippen molar-refractivity contribution < 1.29 is 18.3 Å². The van der Waals surface area contributed by atoms with Crippen LogP contribution in [0.5, 0.6) is 0 Å². The third kappa shape index (κ3) is 6.14. The van der Waals surface area contributed by atoms with Gasteiger partial charge in [0.1, 0.15) is 5.60 Å². The number of nitrogens with zero attached hydrogens (tertiary/aromatic N) is 3.